The van der Waals surface area contributed by atoms with Crippen molar-refractivity contribution in [1.29, 1.82) is 0 Å². The first-order valence-corrected chi connectivity index (χ1v) is 7.03. The summed E-state index contributed by atoms with van der Waals surface area (Å²) in [5.74, 6) is 0.248. The highest BCUT2D eigenvalue weighted by atomic mass is 31.1. The molecule has 4 nitrogen and oxygen atoms in total. The number of esters is 1. The third-order valence-electron chi connectivity index (χ3n) is 2.64. The fourth-order valence-electron chi connectivity index (χ4n) is 1.69. The quantitative estimate of drug-likeness (QED) is 0.391. The van der Waals surface area contributed by atoms with Crippen LogP contribution in [0.1, 0.15) is 38.3 Å². The third kappa shape index (κ3) is 5.27. The first kappa shape index (κ1) is 16.1. The van der Waals surface area contributed by atoms with Crippen LogP contribution < -0.4 is 4.74 Å². The lowest BCUT2D eigenvalue weighted by atomic mass is 9.86. The number of hydrogen-bond acceptors (Lipinski definition) is 4. The summed E-state index contributed by atoms with van der Waals surface area (Å²) in [6, 6.07) is 5.87. The molecule has 106 valence electrons. The number of rotatable bonds is 5. The summed E-state index contributed by atoms with van der Waals surface area (Å²) in [6.45, 7) is 8.35. The van der Waals surface area contributed by atoms with Gasteiger partial charge in [-0.25, -0.2) is 0 Å². The first-order valence-electron chi connectivity index (χ1n) is 6.17. The maximum Gasteiger partial charge on any atom is 0.313 e. The van der Waals surface area contributed by atoms with Gasteiger partial charge in [-0.1, -0.05) is 32.9 Å². The van der Waals surface area contributed by atoms with E-state index in [1.807, 2.05) is 25.1 Å². The average Bonchev–Trinajstić information content (AvgIpc) is 2.27. The van der Waals surface area contributed by atoms with Gasteiger partial charge in [0.25, 0.3) is 0 Å². The van der Waals surface area contributed by atoms with Crippen LogP contribution in [0.4, 0.5) is 0 Å². The Morgan fingerprint density at radius 2 is 2.05 bits per heavy atom. The number of hydrogen-bond donors (Lipinski definition) is 1. The lowest BCUT2D eigenvalue weighted by molar-refractivity contribution is -0.134. The van der Waals surface area contributed by atoms with Crippen LogP contribution >= 0.6 is 9.03 Å². The van der Waals surface area contributed by atoms with E-state index in [2.05, 4.69) is 20.8 Å². The van der Waals surface area contributed by atoms with Crippen molar-refractivity contribution >= 4 is 15.0 Å². The molecule has 1 N–H and O–H groups in total. The van der Waals surface area contributed by atoms with Crippen molar-refractivity contribution in [1.82, 2.24) is 0 Å². The molecular weight excluding hydrogens is 263 g/mol. The minimum Gasteiger partial charge on any atom is -0.426 e. The van der Waals surface area contributed by atoms with Crippen LogP contribution in [0.2, 0.25) is 0 Å². The van der Waals surface area contributed by atoms with E-state index in [4.69, 9.17) is 14.2 Å². The second-order valence-corrected chi connectivity index (χ2v) is 5.88. The van der Waals surface area contributed by atoms with Gasteiger partial charge in [0.2, 0.25) is 0 Å². The van der Waals surface area contributed by atoms with E-state index in [9.17, 15) is 4.79 Å². The zero-order valence-electron chi connectivity index (χ0n) is 11.8. The molecule has 1 unspecified atom stereocenters. The van der Waals surface area contributed by atoms with Crippen molar-refractivity contribution < 1.29 is 18.9 Å². The summed E-state index contributed by atoms with van der Waals surface area (Å²) in [4.78, 5) is 20.2. The topological polar surface area (TPSA) is 55.8 Å². The van der Waals surface area contributed by atoms with Crippen molar-refractivity contribution in [2.75, 3.05) is 6.61 Å². The molecule has 1 atom stereocenters. The Morgan fingerprint density at radius 3 is 2.63 bits per heavy atom. The fourth-order valence-corrected chi connectivity index (χ4v) is 1.88. The van der Waals surface area contributed by atoms with Gasteiger partial charge in [-0.15, -0.1) is 0 Å². The molecule has 0 aliphatic carbocycles. The zero-order valence-corrected chi connectivity index (χ0v) is 12.8. The Labute approximate surface area is 116 Å². The van der Waals surface area contributed by atoms with Gasteiger partial charge in [0.15, 0.2) is 9.03 Å². The number of aryl methyl sites for hydroxylation is 1. The van der Waals surface area contributed by atoms with E-state index in [0.717, 1.165) is 11.1 Å². The van der Waals surface area contributed by atoms with Crippen LogP contribution in [-0.2, 0) is 14.7 Å². The highest BCUT2D eigenvalue weighted by Gasteiger charge is 2.20. The minimum absolute atomic E-state index is 0.0910. The normalized spacial score (nSPS) is 12.1. The molecule has 1 rings (SSSR count). The second-order valence-electron chi connectivity index (χ2n) is 5.41. The second kappa shape index (κ2) is 6.99. The molecule has 0 saturated carbocycles. The Hall–Kier alpha value is -0.960. The Kier molecular flexibility index (Phi) is 5.92. The van der Waals surface area contributed by atoms with Crippen LogP contribution in [0.15, 0.2) is 18.2 Å². The van der Waals surface area contributed by atoms with Crippen LogP contribution in [0.25, 0.3) is 0 Å². The summed E-state index contributed by atoms with van der Waals surface area (Å²) < 4.78 is 10.1. The van der Waals surface area contributed by atoms with Gasteiger partial charge in [-0.2, -0.15) is 0 Å². The Bertz CT molecular complexity index is 438. The largest absolute Gasteiger partial charge is 0.426 e. The number of ether oxygens (including phenoxy) is 1. The number of benzene rings is 1. The molecule has 0 fully saturated rings. The molecule has 5 heteroatoms. The predicted octanol–water partition coefficient (Wildman–Crippen LogP) is 3.11. The highest BCUT2D eigenvalue weighted by molar-refractivity contribution is 7.24. The molecule has 0 saturated heterocycles. The number of carbonyl (C=O) groups is 1. The SMILES string of the molecule is Cc1ccc(C(C)(C)C)c(OC(=O)CCOPO)c1. The molecule has 0 aromatic heterocycles. The molecule has 0 aliphatic rings. The highest BCUT2D eigenvalue weighted by Crippen LogP contribution is 2.32. The molecule has 1 aromatic rings. The predicted molar refractivity (Wildman–Crippen MR) is 76.6 cm³/mol. The molecule has 0 bridgehead atoms. The van der Waals surface area contributed by atoms with Crippen molar-refractivity contribution in [3.63, 3.8) is 0 Å². The van der Waals surface area contributed by atoms with Crippen LogP contribution in [0.3, 0.4) is 0 Å². The van der Waals surface area contributed by atoms with E-state index in [1.165, 1.54) is 0 Å². The van der Waals surface area contributed by atoms with Gasteiger partial charge < -0.3 is 14.2 Å². The van der Waals surface area contributed by atoms with Crippen LogP contribution in [-0.4, -0.2) is 17.5 Å². The van der Waals surface area contributed by atoms with E-state index >= 15 is 0 Å². The summed E-state index contributed by atoms with van der Waals surface area (Å²) in [5, 5.41) is 0. The Balaban J connectivity index is 2.81. The maximum absolute atomic E-state index is 11.7. The van der Waals surface area contributed by atoms with Crippen molar-refractivity contribution in [2.45, 2.75) is 39.5 Å². The zero-order chi connectivity index (χ0) is 14.5. The Morgan fingerprint density at radius 1 is 1.37 bits per heavy atom. The van der Waals surface area contributed by atoms with Gasteiger partial charge in [0.1, 0.15) is 5.75 Å². The molecule has 0 amide bonds. The van der Waals surface area contributed by atoms with Gasteiger partial charge >= 0.3 is 5.97 Å². The minimum atomic E-state index is -0.596. The first-order chi connectivity index (χ1) is 8.84. The average molecular weight is 284 g/mol. The fraction of sp³-hybridized carbons (Fsp3) is 0.500. The van der Waals surface area contributed by atoms with Gasteiger partial charge in [0, 0.05) is 5.56 Å². The lowest BCUT2D eigenvalue weighted by Gasteiger charge is -2.22. The lowest BCUT2D eigenvalue weighted by Crippen LogP contribution is -2.17. The van der Waals surface area contributed by atoms with Crippen LogP contribution in [0.5, 0.6) is 5.75 Å². The summed E-state index contributed by atoms with van der Waals surface area (Å²) >= 11 is 0. The summed E-state index contributed by atoms with van der Waals surface area (Å²) in [5.41, 5.74) is 1.95. The van der Waals surface area contributed by atoms with Gasteiger partial charge in [-0.3, -0.25) is 4.79 Å². The summed E-state index contributed by atoms with van der Waals surface area (Å²) in [7, 11) is -0.596. The standard InChI is InChI=1S/C14H21O4P/c1-10-5-6-11(14(2,3)4)12(9-10)18-13(15)7-8-17-19-16/h5-6,9,16,19H,7-8H2,1-4H3. The van der Waals surface area contributed by atoms with E-state index in [1.54, 1.807) is 0 Å². The van der Waals surface area contributed by atoms with Gasteiger partial charge in [-0.05, 0) is 24.0 Å². The maximum atomic E-state index is 11.7. The molecule has 0 aliphatic heterocycles. The molecule has 19 heavy (non-hydrogen) atoms. The van der Waals surface area contributed by atoms with E-state index in [0.29, 0.717) is 5.75 Å². The summed E-state index contributed by atoms with van der Waals surface area (Å²) in [6.07, 6.45) is 0.130. The monoisotopic (exact) mass is 284 g/mol. The van der Waals surface area contributed by atoms with Crippen LogP contribution in [0, 0.1) is 6.92 Å². The molecule has 0 spiro atoms. The van der Waals surface area contributed by atoms with E-state index < -0.39 is 9.03 Å². The van der Waals surface area contributed by atoms with Crippen molar-refractivity contribution in [3.8, 4) is 5.75 Å². The molecule has 0 heterocycles. The van der Waals surface area contributed by atoms with Crippen molar-refractivity contribution in [3.05, 3.63) is 29.3 Å². The molecule has 1 aromatic carbocycles. The van der Waals surface area contributed by atoms with Gasteiger partial charge in [0.05, 0.1) is 13.0 Å². The molecule has 0 radical (unpaired) electrons. The van der Waals surface area contributed by atoms with E-state index in [-0.39, 0.29) is 24.4 Å². The third-order valence-corrected chi connectivity index (χ3v) is 2.97. The number of carbonyl (C=O) groups excluding carboxylic acids is 1. The molecular formula is C14H21O4P. The smallest absolute Gasteiger partial charge is 0.313 e. The van der Waals surface area contributed by atoms with Crippen molar-refractivity contribution in [2.24, 2.45) is 0 Å².